The van der Waals surface area contributed by atoms with Crippen molar-refractivity contribution in [2.24, 2.45) is 5.73 Å². The van der Waals surface area contributed by atoms with Crippen LogP contribution < -0.4 is 5.73 Å². The molecule has 1 aromatic rings. The van der Waals surface area contributed by atoms with Crippen molar-refractivity contribution < 1.29 is 9.90 Å². The summed E-state index contributed by atoms with van der Waals surface area (Å²) in [6, 6.07) is 2.78. The third-order valence-electron chi connectivity index (χ3n) is 2.62. The number of carbonyl (C=O) groups is 1. The van der Waals surface area contributed by atoms with Gasteiger partial charge in [-0.25, -0.2) is 0 Å². The standard InChI is InChI=1S/C11H16N2O2/c1-7-4-5-13-8(6-7)11(2,3)9(12)10(14)15/h4-6,9H,12H2,1-3H3,(H,14,15). The first kappa shape index (κ1) is 11.7. The van der Waals surface area contributed by atoms with E-state index >= 15 is 0 Å². The highest BCUT2D eigenvalue weighted by Gasteiger charge is 2.34. The average Bonchev–Trinajstić information content (AvgIpc) is 2.16. The maximum Gasteiger partial charge on any atom is 0.321 e. The lowest BCUT2D eigenvalue weighted by molar-refractivity contribution is -0.140. The fraction of sp³-hybridized carbons (Fsp3) is 0.455. The Bertz CT molecular complexity index is 375. The fourth-order valence-corrected chi connectivity index (χ4v) is 1.36. The van der Waals surface area contributed by atoms with Crippen molar-refractivity contribution in [2.45, 2.75) is 32.2 Å². The summed E-state index contributed by atoms with van der Waals surface area (Å²) in [7, 11) is 0. The van der Waals surface area contributed by atoms with Crippen LogP contribution in [0.5, 0.6) is 0 Å². The van der Waals surface area contributed by atoms with E-state index in [2.05, 4.69) is 4.98 Å². The Balaban J connectivity index is 3.10. The predicted molar refractivity (Wildman–Crippen MR) is 57.6 cm³/mol. The van der Waals surface area contributed by atoms with Gasteiger partial charge in [-0.1, -0.05) is 13.8 Å². The largest absolute Gasteiger partial charge is 0.480 e. The zero-order valence-electron chi connectivity index (χ0n) is 9.19. The molecular weight excluding hydrogens is 192 g/mol. The van der Waals surface area contributed by atoms with E-state index in [0.717, 1.165) is 5.56 Å². The molecule has 0 spiro atoms. The summed E-state index contributed by atoms with van der Waals surface area (Å²) in [5, 5.41) is 8.90. The number of nitrogens with two attached hydrogens (primary N) is 1. The first-order chi connectivity index (χ1) is 6.85. The molecule has 0 fully saturated rings. The lowest BCUT2D eigenvalue weighted by Gasteiger charge is -2.28. The van der Waals surface area contributed by atoms with Gasteiger partial charge in [-0.2, -0.15) is 0 Å². The minimum atomic E-state index is -1.01. The minimum absolute atomic E-state index is 0.669. The first-order valence-corrected chi connectivity index (χ1v) is 4.77. The number of pyridine rings is 1. The molecule has 4 heteroatoms. The molecule has 0 radical (unpaired) electrons. The Morgan fingerprint density at radius 3 is 2.67 bits per heavy atom. The number of aliphatic carboxylic acids is 1. The third-order valence-corrected chi connectivity index (χ3v) is 2.62. The second-order valence-corrected chi connectivity index (χ2v) is 4.26. The van der Waals surface area contributed by atoms with Crippen molar-refractivity contribution in [1.29, 1.82) is 0 Å². The summed E-state index contributed by atoms with van der Waals surface area (Å²) in [6.45, 7) is 5.51. The zero-order chi connectivity index (χ0) is 11.6. The van der Waals surface area contributed by atoms with Crippen molar-refractivity contribution >= 4 is 5.97 Å². The molecule has 1 aromatic heterocycles. The van der Waals surface area contributed by atoms with Crippen LogP contribution in [-0.2, 0) is 10.2 Å². The van der Waals surface area contributed by atoms with Crippen molar-refractivity contribution in [3.05, 3.63) is 29.6 Å². The SMILES string of the molecule is Cc1ccnc(C(C)(C)C(N)C(=O)O)c1. The average molecular weight is 208 g/mol. The summed E-state index contributed by atoms with van der Waals surface area (Å²) >= 11 is 0. The molecule has 0 bridgehead atoms. The van der Waals surface area contributed by atoms with Crippen molar-refractivity contribution in [1.82, 2.24) is 4.98 Å². The number of aromatic nitrogens is 1. The van der Waals surface area contributed by atoms with Crippen LogP contribution in [0.1, 0.15) is 25.1 Å². The predicted octanol–water partition coefficient (Wildman–Crippen LogP) is 1.08. The topological polar surface area (TPSA) is 76.2 Å². The van der Waals surface area contributed by atoms with E-state index in [1.807, 2.05) is 19.1 Å². The number of carboxylic acid groups (broad SMARTS) is 1. The molecular formula is C11H16N2O2. The van der Waals surface area contributed by atoms with Gasteiger partial charge in [0.2, 0.25) is 0 Å². The number of hydrogen-bond donors (Lipinski definition) is 2. The van der Waals surface area contributed by atoms with Crippen LogP contribution in [0.15, 0.2) is 18.3 Å². The normalized spacial score (nSPS) is 13.6. The monoisotopic (exact) mass is 208 g/mol. The maximum atomic E-state index is 10.9. The molecule has 1 unspecified atom stereocenters. The molecule has 1 heterocycles. The maximum absolute atomic E-state index is 10.9. The van der Waals surface area contributed by atoms with Gasteiger partial charge in [0.15, 0.2) is 0 Å². The van der Waals surface area contributed by atoms with E-state index in [1.54, 1.807) is 20.0 Å². The molecule has 82 valence electrons. The van der Waals surface area contributed by atoms with Crippen LogP contribution in [0.25, 0.3) is 0 Å². The number of hydrogen-bond acceptors (Lipinski definition) is 3. The van der Waals surface area contributed by atoms with Gasteiger partial charge in [0.05, 0.1) is 0 Å². The van der Waals surface area contributed by atoms with E-state index < -0.39 is 17.4 Å². The minimum Gasteiger partial charge on any atom is -0.480 e. The van der Waals surface area contributed by atoms with Gasteiger partial charge < -0.3 is 10.8 Å². The van der Waals surface area contributed by atoms with Gasteiger partial charge >= 0.3 is 5.97 Å². The van der Waals surface area contributed by atoms with Gasteiger partial charge in [0.1, 0.15) is 6.04 Å². The molecule has 0 saturated heterocycles. The molecule has 0 aliphatic heterocycles. The summed E-state index contributed by atoms with van der Waals surface area (Å²) in [6.07, 6.45) is 1.67. The highest BCUT2D eigenvalue weighted by Crippen LogP contribution is 2.24. The van der Waals surface area contributed by atoms with Crippen LogP contribution in [-0.4, -0.2) is 22.1 Å². The second-order valence-electron chi connectivity index (χ2n) is 4.26. The Morgan fingerprint density at radius 2 is 2.20 bits per heavy atom. The Hall–Kier alpha value is -1.42. The van der Waals surface area contributed by atoms with Gasteiger partial charge in [-0.3, -0.25) is 9.78 Å². The van der Waals surface area contributed by atoms with E-state index in [9.17, 15) is 4.79 Å². The van der Waals surface area contributed by atoms with E-state index in [1.165, 1.54) is 0 Å². The molecule has 0 aromatic carbocycles. The smallest absolute Gasteiger partial charge is 0.321 e. The van der Waals surface area contributed by atoms with Crippen LogP contribution in [0.3, 0.4) is 0 Å². The van der Waals surface area contributed by atoms with Gasteiger partial charge in [0.25, 0.3) is 0 Å². The summed E-state index contributed by atoms with van der Waals surface area (Å²) in [5.41, 5.74) is 6.72. The summed E-state index contributed by atoms with van der Waals surface area (Å²) in [5.74, 6) is -1.01. The number of rotatable bonds is 3. The second kappa shape index (κ2) is 3.98. The van der Waals surface area contributed by atoms with E-state index in [4.69, 9.17) is 10.8 Å². The van der Waals surface area contributed by atoms with Gasteiger partial charge in [0, 0.05) is 17.3 Å². The molecule has 0 saturated carbocycles. The summed E-state index contributed by atoms with van der Waals surface area (Å²) < 4.78 is 0. The van der Waals surface area contributed by atoms with Crippen LogP contribution in [0, 0.1) is 6.92 Å². The van der Waals surface area contributed by atoms with Crippen LogP contribution in [0.2, 0.25) is 0 Å². The number of aryl methyl sites for hydroxylation is 1. The molecule has 0 aliphatic rings. The van der Waals surface area contributed by atoms with Crippen molar-refractivity contribution in [2.75, 3.05) is 0 Å². The molecule has 4 nitrogen and oxygen atoms in total. The van der Waals surface area contributed by atoms with Crippen molar-refractivity contribution in [3.63, 3.8) is 0 Å². The van der Waals surface area contributed by atoms with Crippen molar-refractivity contribution in [3.8, 4) is 0 Å². The number of carboxylic acids is 1. The Morgan fingerprint density at radius 1 is 1.60 bits per heavy atom. The Labute approximate surface area is 89.1 Å². The fourth-order valence-electron chi connectivity index (χ4n) is 1.36. The van der Waals surface area contributed by atoms with E-state index in [0.29, 0.717) is 5.69 Å². The molecule has 3 N–H and O–H groups in total. The first-order valence-electron chi connectivity index (χ1n) is 4.77. The Kier molecular flexibility index (Phi) is 3.09. The zero-order valence-corrected chi connectivity index (χ0v) is 9.19. The number of nitrogens with zero attached hydrogens (tertiary/aromatic N) is 1. The lowest BCUT2D eigenvalue weighted by Crippen LogP contribution is -2.47. The summed E-state index contributed by atoms with van der Waals surface area (Å²) in [4.78, 5) is 15.0. The van der Waals surface area contributed by atoms with Crippen LogP contribution in [0.4, 0.5) is 0 Å². The van der Waals surface area contributed by atoms with E-state index in [-0.39, 0.29) is 0 Å². The molecule has 0 amide bonds. The van der Waals surface area contributed by atoms with Crippen LogP contribution >= 0.6 is 0 Å². The van der Waals surface area contributed by atoms with Gasteiger partial charge in [-0.05, 0) is 24.6 Å². The molecule has 0 aliphatic carbocycles. The highest BCUT2D eigenvalue weighted by molar-refractivity contribution is 5.75. The lowest BCUT2D eigenvalue weighted by atomic mass is 9.81. The molecule has 15 heavy (non-hydrogen) atoms. The van der Waals surface area contributed by atoms with Gasteiger partial charge in [-0.15, -0.1) is 0 Å². The molecule has 1 rings (SSSR count). The quantitative estimate of drug-likeness (QED) is 0.779. The third kappa shape index (κ3) is 2.33. The highest BCUT2D eigenvalue weighted by atomic mass is 16.4. The molecule has 1 atom stereocenters.